The fourth-order valence-corrected chi connectivity index (χ4v) is 2.38. The molecule has 0 aliphatic carbocycles. The van der Waals surface area contributed by atoms with E-state index in [9.17, 15) is 13.2 Å². The number of rotatable bonds is 2. The molecule has 2 rings (SSSR count). The summed E-state index contributed by atoms with van der Waals surface area (Å²) in [6, 6.07) is -0.134. The standard InChI is InChI=1S/C11H19F3N4O.HI/c12-11(13,14)8-17-2-1-9(7-17)16-10(15)18-3-5-19-6-4-18;/h9H,1-8H2,(H2,15,16);1H. The van der Waals surface area contributed by atoms with E-state index >= 15 is 0 Å². The molecule has 118 valence electrons. The van der Waals surface area contributed by atoms with E-state index in [0.717, 1.165) is 0 Å². The number of alkyl halides is 3. The van der Waals surface area contributed by atoms with Gasteiger partial charge in [-0.2, -0.15) is 13.2 Å². The first-order valence-electron chi connectivity index (χ1n) is 6.39. The number of nitrogens with two attached hydrogens (primary N) is 1. The molecule has 2 aliphatic heterocycles. The Bertz CT molecular complexity index is 334. The Labute approximate surface area is 133 Å². The van der Waals surface area contributed by atoms with Crippen molar-refractivity contribution in [3.05, 3.63) is 0 Å². The van der Waals surface area contributed by atoms with Gasteiger partial charge in [0.15, 0.2) is 5.96 Å². The van der Waals surface area contributed by atoms with Gasteiger partial charge in [0.1, 0.15) is 0 Å². The van der Waals surface area contributed by atoms with Gasteiger partial charge in [-0.25, -0.2) is 4.99 Å². The van der Waals surface area contributed by atoms with Gasteiger partial charge in [0.25, 0.3) is 0 Å². The van der Waals surface area contributed by atoms with Gasteiger partial charge < -0.3 is 15.4 Å². The number of guanidine groups is 1. The fourth-order valence-electron chi connectivity index (χ4n) is 2.38. The predicted molar refractivity (Wildman–Crippen MR) is 80.3 cm³/mol. The van der Waals surface area contributed by atoms with Crippen LogP contribution in [-0.2, 0) is 4.74 Å². The quantitative estimate of drug-likeness (QED) is 0.419. The van der Waals surface area contributed by atoms with Crippen molar-refractivity contribution >= 4 is 29.9 Å². The number of hydrogen-bond donors (Lipinski definition) is 1. The summed E-state index contributed by atoms with van der Waals surface area (Å²) < 4.78 is 42.0. The van der Waals surface area contributed by atoms with Gasteiger partial charge in [0.05, 0.1) is 25.8 Å². The Balaban J connectivity index is 0.00000200. The van der Waals surface area contributed by atoms with Crippen LogP contribution in [0.3, 0.4) is 0 Å². The van der Waals surface area contributed by atoms with Gasteiger partial charge in [-0.05, 0) is 6.42 Å². The van der Waals surface area contributed by atoms with Crippen LogP contribution in [0.5, 0.6) is 0 Å². The minimum Gasteiger partial charge on any atom is -0.378 e. The summed E-state index contributed by atoms with van der Waals surface area (Å²) >= 11 is 0. The van der Waals surface area contributed by atoms with Crippen molar-refractivity contribution < 1.29 is 17.9 Å². The van der Waals surface area contributed by atoms with Crippen molar-refractivity contribution in [2.75, 3.05) is 45.9 Å². The molecule has 1 unspecified atom stereocenters. The lowest BCUT2D eigenvalue weighted by molar-refractivity contribution is -0.143. The van der Waals surface area contributed by atoms with Gasteiger partial charge in [0.2, 0.25) is 0 Å². The molecule has 9 heteroatoms. The molecule has 2 fully saturated rings. The molecule has 5 nitrogen and oxygen atoms in total. The molecule has 0 bridgehead atoms. The summed E-state index contributed by atoms with van der Waals surface area (Å²) in [5.74, 6) is 0.419. The second-order valence-electron chi connectivity index (χ2n) is 4.88. The molecule has 2 saturated heterocycles. The van der Waals surface area contributed by atoms with E-state index in [1.165, 1.54) is 4.90 Å². The highest BCUT2D eigenvalue weighted by Crippen LogP contribution is 2.21. The first kappa shape index (κ1) is 17.8. The van der Waals surface area contributed by atoms with Gasteiger partial charge >= 0.3 is 6.18 Å². The largest absolute Gasteiger partial charge is 0.401 e. The highest BCUT2D eigenvalue weighted by atomic mass is 127. The van der Waals surface area contributed by atoms with Gasteiger partial charge in [-0.15, -0.1) is 24.0 Å². The maximum Gasteiger partial charge on any atom is 0.401 e. The molecule has 2 aliphatic rings. The number of morpholine rings is 1. The van der Waals surface area contributed by atoms with Crippen molar-refractivity contribution in [1.82, 2.24) is 9.80 Å². The molecule has 0 spiro atoms. The zero-order valence-electron chi connectivity index (χ0n) is 11.1. The lowest BCUT2D eigenvalue weighted by Gasteiger charge is -2.28. The minimum atomic E-state index is -4.14. The van der Waals surface area contributed by atoms with Crippen molar-refractivity contribution in [2.24, 2.45) is 10.7 Å². The zero-order valence-corrected chi connectivity index (χ0v) is 13.4. The molecular formula is C11H20F3IN4O. The van der Waals surface area contributed by atoms with E-state index in [2.05, 4.69) is 4.99 Å². The monoisotopic (exact) mass is 408 g/mol. The summed E-state index contributed by atoms with van der Waals surface area (Å²) in [5.41, 5.74) is 5.88. The molecular weight excluding hydrogens is 388 g/mol. The molecule has 0 aromatic rings. The highest BCUT2D eigenvalue weighted by molar-refractivity contribution is 14.0. The number of halogens is 4. The third kappa shape index (κ3) is 5.60. The van der Waals surface area contributed by atoms with Crippen LogP contribution in [0, 0.1) is 0 Å². The zero-order chi connectivity index (χ0) is 13.9. The molecule has 0 amide bonds. The average Bonchev–Trinajstić information content (AvgIpc) is 2.75. The summed E-state index contributed by atoms with van der Waals surface area (Å²) in [7, 11) is 0. The minimum absolute atomic E-state index is 0. The molecule has 0 saturated carbocycles. The molecule has 2 N–H and O–H groups in total. The molecule has 0 radical (unpaired) electrons. The van der Waals surface area contributed by atoms with E-state index in [-0.39, 0.29) is 30.0 Å². The third-order valence-corrected chi connectivity index (χ3v) is 3.30. The second-order valence-corrected chi connectivity index (χ2v) is 4.88. The first-order chi connectivity index (χ1) is 8.94. The van der Waals surface area contributed by atoms with Crippen LogP contribution >= 0.6 is 24.0 Å². The Morgan fingerprint density at radius 3 is 2.50 bits per heavy atom. The van der Waals surface area contributed by atoms with Crippen LogP contribution in [0.4, 0.5) is 13.2 Å². The van der Waals surface area contributed by atoms with Crippen molar-refractivity contribution in [1.29, 1.82) is 0 Å². The van der Waals surface area contributed by atoms with Crippen LogP contribution in [-0.4, -0.2) is 73.9 Å². The lowest BCUT2D eigenvalue weighted by atomic mass is 10.3. The van der Waals surface area contributed by atoms with Crippen LogP contribution in [0.15, 0.2) is 4.99 Å². The van der Waals surface area contributed by atoms with E-state index in [0.29, 0.717) is 51.8 Å². The molecule has 1 atom stereocenters. The average molecular weight is 408 g/mol. The van der Waals surface area contributed by atoms with Crippen molar-refractivity contribution in [3.63, 3.8) is 0 Å². The summed E-state index contributed by atoms with van der Waals surface area (Å²) in [6.45, 7) is 2.48. The Morgan fingerprint density at radius 2 is 1.90 bits per heavy atom. The van der Waals surface area contributed by atoms with Crippen LogP contribution in [0.1, 0.15) is 6.42 Å². The van der Waals surface area contributed by atoms with Crippen molar-refractivity contribution in [2.45, 2.75) is 18.6 Å². The summed E-state index contributed by atoms with van der Waals surface area (Å²) in [5, 5.41) is 0. The summed E-state index contributed by atoms with van der Waals surface area (Å²) in [6.07, 6.45) is -3.52. The molecule has 0 aromatic carbocycles. The van der Waals surface area contributed by atoms with Gasteiger partial charge in [-0.3, -0.25) is 4.90 Å². The van der Waals surface area contributed by atoms with E-state index in [1.807, 2.05) is 4.90 Å². The van der Waals surface area contributed by atoms with Gasteiger partial charge in [-0.1, -0.05) is 0 Å². The third-order valence-electron chi connectivity index (χ3n) is 3.30. The maximum atomic E-state index is 12.3. The number of likely N-dealkylation sites (tertiary alicyclic amines) is 1. The number of nitrogens with zero attached hydrogens (tertiary/aromatic N) is 3. The molecule has 2 heterocycles. The van der Waals surface area contributed by atoms with Crippen LogP contribution in [0.25, 0.3) is 0 Å². The topological polar surface area (TPSA) is 54.1 Å². The first-order valence-corrected chi connectivity index (χ1v) is 6.39. The Hall–Kier alpha value is -0.290. The second kappa shape index (κ2) is 7.64. The lowest BCUT2D eigenvalue weighted by Crippen LogP contribution is -2.45. The Morgan fingerprint density at radius 1 is 1.25 bits per heavy atom. The predicted octanol–water partition coefficient (Wildman–Crippen LogP) is 0.888. The summed E-state index contributed by atoms with van der Waals surface area (Å²) in [4.78, 5) is 7.62. The van der Waals surface area contributed by atoms with Crippen molar-refractivity contribution in [3.8, 4) is 0 Å². The normalized spacial score (nSPS) is 25.6. The maximum absolute atomic E-state index is 12.3. The molecule has 0 aromatic heterocycles. The highest BCUT2D eigenvalue weighted by Gasteiger charge is 2.34. The van der Waals surface area contributed by atoms with E-state index in [4.69, 9.17) is 10.5 Å². The fraction of sp³-hybridized carbons (Fsp3) is 0.909. The number of aliphatic imine (C=N–C) groups is 1. The smallest absolute Gasteiger partial charge is 0.378 e. The van der Waals surface area contributed by atoms with E-state index in [1.54, 1.807) is 0 Å². The van der Waals surface area contributed by atoms with Crippen LogP contribution in [0.2, 0.25) is 0 Å². The van der Waals surface area contributed by atoms with E-state index < -0.39 is 12.7 Å². The van der Waals surface area contributed by atoms with Gasteiger partial charge in [0, 0.05) is 26.2 Å². The Kier molecular flexibility index (Phi) is 6.79. The number of hydrogen-bond acceptors (Lipinski definition) is 3. The van der Waals surface area contributed by atoms with Crippen LogP contribution < -0.4 is 5.73 Å². The molecule has 20 heavy (non-hydrogen) atoms. The number of ether oxygens (including phenoxy) is 1. The SMILES string of the molecule is I.NC(=NC1CCN(CC(F)(F)F)C1)N1CCOCC1.